The number of hydrogen-bond donors (Lipinski definition) is 0. The maximum absolute atomic E-state index is 6.32. The number of ether oxygens (including phenoxy) is 1. The van der Waals surface area contributed by atoms with Crippen LogP contribution in [0.15, 0.2) is 84.0 Å². The Morgan fingerprint density at radius 2 is 1.53 bits per heavy atom. The summed E-state index contributed by atoms with van der Waals surface area (Å²) in [4.78, 5) is 0. The van der Waals surface area contributed by atoms with Gasteiger partial charge in [0.05, 0.1) is 5.02 Å². The van der Waals surface area contributed by atoms with Crippen molar-refractivity contribution in [1.29, 1.82) is 0 Å². The Labute approximate surface area is 189 Å². The summed E-state index contributed by atoms with van der Waals surface area (Å²) in [6, 6.07) is 25.2. The molecule has 4 nitrogen and oxygen atoms in total. The van der Waals surface area contributed by atoms with Gasteiger partial charge in [-0.25, -0.2) is 0 Å². The van der Waals surface area contributed by atoms with Crippen molar-refractivity contribution in [2.24, 2.45) is 0 Å². The van der Waals surface area contributed by atoms with E-state index in [2.05, 4.69) is 10.2 Å². The molecule has 4 rings (SSSR count). The zero-order valence-electron chi connectivity index (χ0n) is 16.2. The van der Waals surface area contributed by atoms with Crippen molar-refractivity contribution in [1.82, 2.24) is 14.8 Å². The number of thioether (sulfide) groups is 1. The van der Waals surface area contributed by atoms with Crippen LogP contribution >= 0.6 is 35.0 Å². The van der Waals surface area contributed by atoms with Gasteiger partial charge in [-0.15, -0.1) is 10.2 Å². The molecule has 1 heterocycles. The van der Waals surface area contributed by atoms with Gasteiger partial charge >= 0.3 is 0 Å². The van der Waals surface area contributed by atoms with Crippen molar-refractivity contribution in [3.63, 3.8) is 0 Å². The van der Waals surface area contributed by atoms with Crippen LogP contribution in [0.4, 0.5) is 0 Å². The highest BCUT2D eigenvalue weighted by atomic mass is 35.5. The van der Waals surface area contributed by atoms with Crippen molar-refractivity contribution < 1.29 is 4.74 Å². The van der Waals surface area contributed by atoms with Crippen LogP contribution in [-0.4, -0.2) is 14.8 Å². The molecule has 152 valence electrons. The first-order valence-corrected chi connectivity index (χ1v) is 11.2. The van der Waals surface area contributed by atoms with E-state index in [4.69, 9.17) is 27.9 Å². The van der Waals surface area contributed by atoms with Crippen molar-refractivity contribution in [2.75, 3.05) is 0 Å². The van der Waals surface area contributed by atoms with Crippen LogP contribution in [0.25, 0.3) is 5.69 Å². The third-order valence-electron chi connectivity index (χ3n) is 4.49. The molecule has 3 aromatic carbocycles. The largest absolute Gasteiger partial charge is 0.481 e. The Hall–Kier alpha value is -2.47. The van der Waals surface area contributed by atoms with Crippen molar-refractivity contribution in [2.45, 2.75) is 23.9 Å². The van der Waals surface area contributed by atoms with Crippen LogP contribution in [-0.2, 0) is 5.75 Å². The second kappa shape index (κ2) is 9.56. The topological polar surface area (TPSA) is 39.9 Å². The summed E-state index contributed by atoms with van der Waals surface area (Å²) in [6.07, 6.45) is -0.354. The number of nitrogens with zero attached hydrogens (tertiary/aromatic N) is 3. The summed E-state index contributed by atoms with van der Waals surface area (Å²) in [5, 5.41) is 11.0. The van der Waals surface area contributed by atoms with E-state index in [9.17, 15) is 0 Å². The molecule has 1 aromatic heterocycles. The van der Waals surface area contributed by atoms with Crippen LogP contribution in [0.3, 0.4) is 0 Å². The van der Waals surface area contributed by atoms with Gasteiger partial charge in [-0.1, -0.05) is 83.5 Å². The predicted molar refractivity (Wildman–Crippen MR) is 123 cm³/mol. The molecule has 0 saturated carbocycles. The van der Waals surface area contributed by atoms with E-state index in [0.29, 0.717) is 22.3 Å². The quantitative estimate of drug-likeness (QED) is 0.281. The summed E-state index contributed by atoms with van der Waals surface area (Å²) in [5.41, 5.74) is 2.02. The van der Waals surface area contributed by atoms with Crippen LogP contribution in [0, 0.1) is 0 Å². The standard InChI is InChI=1S/C23H19Cl2N3OS/c1-16(29-21-14-8-7-13-20(21)25)22-26-27-23(28(22)18-10-3-2-4-11-18)30-15-17-9-5-6-12-19(17)24/h2-14,16H,15H2,1H3. The predicted octanol–water partition coefficient (Wildman–Crippen LogP) is 7.01. The Bertz CT molecular complexity index is 1130. The molecule has 0 saturated heterocycles. The molecule has 0 aliphatic rings. The van der Waals surface area contributed by atoms with Crippen LogP contribution in [0.1, 0.15) is 24.4 Å². The molecule has 1 atom stereocenters. The van der Waals surface area contributed by atoms with E-state index in [1.807, 2.05) is 84.3 Å². The fraction of sp³-hybridized carbons (Fsp3) is 0.130. The summed E-state index contributed by atoms with van der Waals surface area (Å²) in [5.74, 6) is 1.99. The lowest BCUT2D eigenvalue weighted by atomic mass is 10.2. The third-order valence-corrected chi connectivity index (χ3v) is 6.15. The Balaban J connectivity index is 1.65. The fourth-order valence-electron chi connectivity index (χ4n) is 3.00. The Morgan fingerprint density at radius 1 is 0.867 bits per heavy atom. The van der Waals surface area contributed by atoms with Gasteiger partial charge in [0, 0.05) is 16.5 Å². The first-order chi connectivity index (χ1) is 14.6. The zero-order chi connectivity index (χ0) is 20.9. The molecule has 30 heavy (non-hydrogen) atoms. The zero-order valence-corrected chi connectivity index (χ0v) is 18.5. The van der Waals surface area contributed by atoms with Crippen molar-refractivity contribution >= 4 is 35.0 Å². The van der Waals surface area contributed by atoms with Gasteiger partial charge in [0.25, 0.3) is 0 Å². The van der Waals surface area contributed by atoms with E-state index in [-0.39, 0.29) is 6.10 Å². The smallest absolute Gasteiger partial charge is 0.196 e. The molecular weight excluding hydrogens is 437 g/mol. The van der Waals surface area contributed by atoms with Gasteiger partial charge in [0.15, 0.2) is 17.1 Å². The SMILES string of the molecule is CC(Oc1ccccc1Cl)c1nnc(SCc2ccccc2Cl)n1-c1ccccc1. The summed E-state index contributed by atoms with van der Waals surface area (Å²) in [6.45, 7) is 1.94. The normalized spacial score (nSPS) is 12.0. The maximum Gasteiger partial charge on any atom is 0.196 e. The number of rotatable bonds is 7. The van der Waals surface area contributed by atoms with Gasteiger partial charge in [-0.3, -0.25) is 4.57 Å². The summed E-state index contributed by atoms with van der Waals surface area (Å²) >= 11 is 14.2. The number of aromatic nitrogens is 3. The van der Waals surface area contributed by atoms with E-state index in [1.54, 1.807) is 17.8 Å². The van der Waals surface area contributed by atoms with Gasteiger partial charge in [0.2, 0.25) is 0 Å². The van der Waals surface area contributed by atoms with E-state index in [0.717, 1.165) is 21.4 Å². The van der Waals surface area contributed by atoms with Gasteiger partial charge < -0.3 is 4.74 Å². The molecule has 4 aromatic rings. The lowest BCUT2D eigenvalue weighted by molar-refractivity contribution is 0.213. The molecule has 0 radical (unpaired) electrons. The molecule has 0 aliphatic heterocycles. The van der Waals surface area contributed by atoms with E-state index < -0.39 is 0 Å². The molecule has 0 N–H and O–H groups in total. The van der Waals surface area contributed by atoms with Crippen LogP contribution < -0.4 is 4.74 Å². The first-order valence-electron chi connectivity index (χ1n) is 9.41. The Kier molecular flexibility index (Phi) is 6.62. The molecular formula is C23H19Cl2N3OS. The lowest BCUT2D eigenvalue weighted by Crippen LogP contribution is -2.11. The molecule has 1 unspecified atom stereocenters. The number of hydrogen-bond acceptors (Lipinski definition) is 4. The Morgan fingerprint density at radius 3 is 2.27 bits per heavy atom. The molecule has 0 aliphatic carbocycles. The average Bonchev–Trinajstić information content (AvgIpc) is 3.19. The van der Waals surface area contributed by atoms with Gasteiger partial charge in [0.1, 0.15) is 5.75 Å². The number of para-hydroxylation sites is 2. The molecule has 7 heteroatoms. The minimum atomic E-state index is -0.354. The molecule has 0 fully saturated rings. The molecule has 0 bridgehead atoms. The van der Waals surface area contributed by atoms with E-state index >= 15 is 0 Å². The van der Waals surface area contributed by atoms with Crippen LogP contribution in [0.5, 0.6) is 5.75 Å². The highest BCUT2D eigenvalue weighted by Crippen LogP contribution is 2.32. The third kappa shape index (κ3) is 4.64. The maximum atomic E-state index is 6.32. The fourth-order valence-corrected chi connectivity index (χ4v) is 4.42. The molecule has 0 spiro atoms. The monoisotopic (exact) mass is 455 g/mol. The summed E-state index contributed by atoms with van der Waals surface area (Å²) in [7, 11) is 0. The highest BCUT2D eigenvalue weighted by Gasteiger charge is 2.21. The van der Waals surface area contributed by atoms with Gasteiger partial charge in [-0.2, -0.15) is 0 Å². The first kappa shape index (κ1) is 20.8. The summed E-state index contributed by atoms with van der Waals surface area (Å²) < 4.78 is 8.12. The minimum absolute atomic E-state index is 0.354. The van der Waals surface area contributed by atoms with Crippen molar-refractivity contribution in [3.05, 3.63) is 100 Å². The minimum Gasteiger partial charge on any atom is -0.481 e. The second-order valence-electron chi connectivity index (χ2n) is 6.58. The van der Waals surface area contributed by atoms with Gasteiger partial charge in [-0.05, 0) is 42.8 Å². The lowest BCUT2D eigenvalue weighted by Gasteiger charge is -2.17. The van der Waals surface area contributed by atoms with E-state index in [1.165, 1.54) is 0 Å². The second-order valence-corrected chi connectivity index (χ2v) is 8.34. The molecule has 0 amide bonds. The van der Waals surface area contributed by atoms with Crippen LogP contribution in [0.2, 0.25) is 10.0 Å². The van der Waals surface area contributed by atoms with Crippen molar-refractivity contribution in [3.8, 4) is 11.4 Å². The number of benzene rings is 3. The average molecular weight is 456 g/mol. The highest BCUT2D eigenvalue weighted by molar-refractivity contribution is 7.98. The number of halogens is 2.